The lowest BCUT2D eigenvalue weighted by molar-refractivity contribution is -0.124. The van der Waals surface area contributed by atoms with Gasteiger partial charge in [-0.15, -0.1) is 0 Å². The molecule has 0 bridgehead atoms. The molecule has 2 amide bonds. The van der Waals surface area contributed by atoms with Crippen molar-refractivity contribution in [2.24, 2.45) is 0 Å². The Labute approximate surface area is 151 Å². The summed E-state index contributed by atoms with van der Waals surface area (Å²) < 4.78 is 23.4. The molecule has 26 heavy (non-hydrogen) atoms. The van der Waals surface area contributed by atoms with Gasteiger partial charge < -0.3 is 20.1 Å². The monoisotopic (exact) mass is 360 g/mol. The number of amides is 2. The van der Waals surface area contributed by atoms with E-state index in [-0.39, 0.29) is 18.9 Å². The Hall–Kier alpha value is -3.09. The van der Waals surface area contributed by atoms with E-state index in [0.29, 0.717) is 23.6 Å². The zero-order chi connectivity index (χ0) is 18.9. The van der Waals surface area contributed by atoms with Gasteiger partial charge in [0, 0.05) is 12.1 Å². The van der Waals surface area contributed by atoms with Crippen LogP contribution in [0.4, 0.5) is 10.1 Å². The molecule has 2 N–H and O–H groups in total. The second kappa shape index (κ2) is 9.41. The molecule has 0 aliphatic heterocycles. The molecule has 2 aromatic carbocycles. The van der Waals surface area contributed by atoms with Crippen LogP contribution in [-0.2, 0) is 16.0 Å². The fourth-order valence-electron chi connectivity index (χ4n) is 2.33. The van der Waals surface area contributed by atoms with Crippen molar-refractivity contribution in [2.45, 2.75) is 12.8 Å². The highest BCUT2D eigenvalue weighted by Gasteiger charge is 2.09. The molecule has 2 rings (SSSR count). The average molecular weight is 360 g/mol. The molecule has 2 aromatic rings. The van der Waals surface area contributed by atoms with Crippen molar-refractivity contribution in [1.82, 2.24) is 5.32 Å². The van der Waals surface area contributed by atoms with Gasteiger partial charge >= 0.3 is 0 Å². The minimum atomic E-state index is -0.443. The topological polar surface area (TPSA) is 76.7 Å². The van der Waals surface area contributed by atoms with Crippen molar-refractivity contribution < 1.29 is 23.5 Å². The van der Waals surface area contributed by atoms with Gasteiger partial charge in [0.05, 0.1) is 20.8 Å². The van der Waals surface area contributed by atoms with Crippen LogP contribution in [0.3, 0.4) is 0 Å². The molecule has 0 fully saturated rings. The molecule has 0 aromatic heterocycles. The predicted molar refractivity (Wildman–Crippen MR) is 95.9 cm³/mol. The summed E-state index contributed by atoms with van der Waals surface area (Å²) >= 11 is 0. The van der Waals surface area contributed by atoms with Crippen LogP contribution in [0.25, 0.3) is 0 Å². The summed E-state index contributed by atoms with van der Waals surface area (Å²) in [5.41, 5.74) is 1.26. The van der Waals surface area contributed by atoms with E-state index in [0.717, 1.165) is 5.56 Å². The van der Waals surface area contributed by atoms with Gasteiger partial charge in [0.15, 0.2) is 11.5 Å². The highest BCUT2D eigenvalue weighted by molar-refractivity contribution is 5.94. The molecule has 0 aliphatic rings. The lowest BCUT2D eigenvalue weighted by atomic mass is 10.1. The molecule has 0 radical (unpaired) electrons. The van der Waals surface area contributed by atoms with Crippen LogP contribution < -0.4 is 20.1 Å². The van der Waals surface area contributed by atoms with Gasteiger partial charge in [0.2, 0.25) is 11.8 Å². The fourth-order valence-corrected chi connectivity index (χ4v) is 2.33. The second-order valence-corrected chi connectivity index (χ2v) is 5.52. The number of rotatable bonds is 8. The van der Waals surface area contributed by atoms with Crippen molar-refractivity contribution in [2.75, 3.05) is 26.1 Å². The van der Waals surface area contributed by atoms with E-state index in [1.54, 1.807) is 26.4 Å². The number of hydrogen-bond donors (Lipinski definition) is 2. The molecule has 0 aliphatic carbocycles. The Kier molecular flexibility index (Phi) is 6.96. The van der Waals surface area contributed by atoms with Gasteiger partial charge in [-0.2, -0.15) is 0 Å². The molecule has 7 heteroatoms. The summed E-state index contributed by atoms with van der Waals surface area (Å²) in [6.45, 7) is -0.179. The van der Waals surface area contributed by atoms with Crippen LogP contribution >= 0.6 is 0 Å². The summed E-state index contributed by atoms with van der Waals surface area (Å²) in [5, 5.41) is 5.05. The highest BCUT2D eigenvalue weighted by atomic mass is 19.1. The van der Waals surface area contributed by atoms with Gasteiger partial charge in [-0.1, -0.05) is 12.1 Å². The summed E-state index contributed by atoms with van der Waals surface area (Å²) in [6.07, 6.45) is 0.723. The van der Waals surface area contributed by atoms with Crippen LogP contribution in [-0.4, -0.2) is 32.6 Å². The van der Waals surface area contributed by atoms with E-state index < -0.39 is 11.7 Å². The van der Waals surface area contributed by atoms with E-state index >= 15 is 0 Å². The molecule has 0 saturated heterocycles. The Balaban J connectivity index is 1.77. The molecule has 6 nitrogen and oxygen atoms in total. The third-order valence-corrected chi connectivity index (χ3v) is 3.64. The van der Waals surface area contributed by atoms with Gasteiger partial charge in [0.25, 0.3) is 0 Å². The normalized spacial score (nSPS) is 10.1. The molecule has 138 valence electrons. The minimum Gasteiger partial charge on any atom is -0.493 e. The SMILES string of the molecule is COc1ccc(CCC(=O)NCC(=O)Nc2cccc(F)c2)cc1OC. The van der Waals surface area contributed by atoms with Crippen LogP contribution in [0.5, 0.6) is 11.5 Å². The number of aryl methyl sites for hydroxylation is 1. The third kappa shape index (κ3) is 5.77. The standard InChI is InChI=1S/C19H21FN2O4/c1-25-16-8-6-13(10-17(16)26-2)7-9-18(23)21-12-19(24)22-15-5-3-4-14(20)11-15/h3-6,8,10-11H,7,9,12H2,1-2H3,(H,21,23)(H,22,24). The maximum atomic E-state index is 13.1. The maximum Gasteiger partial charge on any atom is 0.243 e. The second-order valence-electron chi connectivity index (χ2n) is 5.52. The third-order valence-electron chi connectivity index (χ3n) is 3.64. The van der Waals surface area contributed by atoms with Crippen molar-refractivity contribution in [3.63, 3.8) is 0 Å². The average Bonchev–Trinajstić information content (AvgIpc) is 2.64. The number of anilines is 1. The van der Waals surface area contributed by atoms with E-state index in [1.165, 1.54) is 18.2 Å². The van der Waals surface area contributed by atoms with Crippen molar-refractivity contribution in [3.8, 4) is 11.5 Å². The van der Waals surface area contributed by atoms with Gasteiger partial charge in [-0.3, -0.25) is 9.59 Å². The summed E-state index contributed by atoms with van der Waals surface area (Å²) in [6, 6.07) is 11.0. The Morgan fingerprint density at radius 3 is 2.46 bits per heavy atom. The zero-order valence-corrected chi connectivity index (χ0v) is 14.7. The largest absolute Gasteiger partial charge is 0.493 e. The summed E-state index contributed by atoms with van der Waals surface area (Å²) in [4.78, 5) is 23.7. The molecule has 0 atom stereocenters. The maximum absolute atomic E-state index is 13.1. The van der Waals surface area contributed by atoms with Crippen molar-refractivity contribution in [1.29, 1.82) is 0 Å². The first kappa shape index (κ1) is 19.2. The van der Waals surface area contributed by atoms with Crippen LogP contribution in [0, 0.1) is 5.82 Å². The number of carbonyl (C=O) groups is 2. The van der Waals surface area contributed by atoms with Gasteiger partial charge in [-0.25, -0.2) is 4.39 Å². The van der Waals surface area contributed by atoms with Crippen LogP contribution in [0.15, 0.2) is 42.5 Å². The summed E-state index contributed by atoms with van der Waals surface area (Å²) in [7, 11) is 3.10. The molecule has 0 heterocycles. The van der Waals surface area contributed by atoms with E-state index in [1.807, 2.05) is 12.1 Å². The van der Waals surface area contributed by atoms with E-state index in [4.69, 9.17) is 9.47 Å². The first-order valence-electron chi connectivity index (χ1n) is 8.05. The minimum absolute atomic E-state index is 0.179. The molecular weight excluding hydrogens is 339 g/mol. The number of hydrogen-bond acceptors (Lipinski definition) is 4. The number of ether oxygens (including phenoxy) is 2. The Morgan fingerprint density at radius 2 is 1.77 bits per heavy atom. The van der Waals surface area contributed by atoms with Crippen LogP contribution in [0.1, 0.15) is 12.0 Å². The fraction of sp³-hybridized carbons (Fsp3) is 0.263. The summed E-state index contributed by atoms with van der Waals surface area (Å²) in [5.74, 6) is 0.0978. The highest BCUT2D eigenvalue weighted by Crippen LogP contribution is 2.27. The molecular formula is C19H21FN2O4. The first-order valence-corrected chi connectivity index (χ1v) is 8.05. The number of benzene rings is 2. The first-order chi connectivity index (χ1) is 12.5. The Morgan fingerprint density at radius 1 is 1.00 bits per heavy atom. The van der Waals surface area contributed by atoms with Crippen molar-refractivity contribution >= 4 is 17.5 Å². The molecule has 0 unspecified atom stereocenters. The predicted octanol–water partition coefficient (Wildman–Crippen LogP) is 2.53. The molecule has 0 saturated carbocycles. The smallest absolute Gasteiger partial charge is 0.243 e. The number of nitrogens with one attached hydrogen (secondary N) is 2. The number of methoxy groups -OCH3 is 2. The lowest BCUT2D eigenvalue weighted by Gasteiger charge is -2.10. The van der Waals surface area contributed by atoms with E-state index in [2.05, 4.69) is 10.6 Å². The van der Waals surface area contributed by atoms with Gasteiger partial charge in [0.1, 0.15) is 5.82 Å². The van der Waals surface area contributed by atoms with E-state index in [9.17, 15) is 14.0 Å². The van der Waals surface area contributed by atoms with Crippen molar-refractivity contribution in [3.05, 3.63) is 53.8 Å². The quantitative estimate of drug-likeness (QED) is 0.758. The number of carbonyl (C=O) groups excluding carboxylic acids is 2. The Bertz CT molecular complexity index is 780. The van der Waals surface area contributed by atoms with Gasteiger partial charge in [-0.05, 0) is 42.3 Å². The lowest BCUT2D eigenvalue weighted by Crippen LogP contribution is -2.32. The van der Waals surface area contributed by atoms with Crippen LogP contribution in [0.2, 0.25) is 0 Å². The number of halogens is 1. The molecule has 0 spiro atoms. The zero-order valence-electron chi connectivity index (χ0n) is 14.7.